The number of halogens is 2. The average molecular weight is 326 g/mol. The Morgan fingerprint density at radius 1 is 1.43 bits per heavy atom. The summed E-state index contributed by atoms with van der Waals surface area (Å²) in [5.74, 6) is -4.24. The zero-order valence-corrected chi connectivity index (χ0v) is 13.6. The predicted octanol–water partition coefficient (Wildman–Crippen LogP) is 1.98. The van der Waals surface area contributed by atoms with Crippen molar-refractivity contribution in [2.45, 2.75) is 31.9 Å². The molecule has 23 heavy (non-hydrogen) atoms. The number of likely N-dealkylation sites (tertiary alicyclic amines) is 1. The lowest BCUT2D eigenvalue weighted by Gasteiger charge is -2.39. The van der Waals surface area contributed by atoms with Gasteiger partial charge in [-0.05, 0) is 19.5 Å². The maximum absolute atomic E-state index is 13.6. The number of nitrogens with zero attached hydrogens (tertiary/aromatic N) is 2. The maximum Gasteiger partial charge on any atom is 0.256 e. The normalized spacial score (nSPS) is 22.2. The van der Waals surface area contributed by atoms with Gasteiger partial charge in [0.1, 0.15) is 0 Å². The Bertz CT molecular complexity index is 525. The summed E-state index contributed by atoms with van der Waals surface area (Å²) in [6.45, 7) is 1.73. The van der Waals surface area contributed by atoms with Crippen molar-refractivity contribution < 1.29 is 18.7 Å². The Morgan fingerprint density at radius 3 is 2.70 bits per heavy atom. The van der Waals surface area contributed by atoms with Gasteiger partial charge in [-0.3, -0.25) is 9.69 Å². The second-order valence-electron chi connectivity index (χ2n) is 6.25. The van der Waals surface area contributed by atoms with E-state index in [1.807, 2.05) is 42.3 Å². The molecule has 6 heteroatoms. The number of aliphatic hydroxyl groups excluding tert-OH is 1. The molecular formula is C17H24F2N2O2. The third-order valence-corrected chi connectivity index (χ3v) is 4.58. The number of hydrogen-bond acceptors (Lipinski definition) is 3. The van der Waals surface area contributed by atoms with Crippen LogP contribution in [0.25, 0.3) is 0 Å². The molecule has 1 saturated heterocycles. The minimum Gasteiger partial charge on any atom is -0.396 e. The zero-order chi connectivity index (χ0) is 17.0. The van der Waals surface area contributed by atoms with Crippen molar-refractivity contribution in [2.75, 3.05) is 26.7 Å². The van der Waals surface area contributed by atoms with Crippen LogP contribution in [0, 0.1) is 5.92 Å². The molecule has 2 rings (SSSR count). The number of likely N-dealkylation sites (N-methyl/N-ethyl adjacent to an activating group) is 1. The molecule has 4 nitrogen and oxygen atoms in total. The van der Waals surface area contributed by atoms with Crippen LogP contribution in [0.5, 0.6) is 0 Å². The molecule has 1 aliphatic heterocycles. The van der Waals surface area contributed by atoms with Gasteiger partial charge in [-0.15, -0.1) is 0 Å². The van der Waals surface area contributed by atoms with E-state index in [-0.39, 0.29) is 25.4 Å². The van der Waals surface area contributed by atoms with Gasteiger partial charge in [-0.2, -0.15) is 0 Å². The second kappa shape index (κ2) is 7.36. The monoisotopic (exact) mass is 326 g/mol. The quantitative estimate of drug-likeness (QED) is 0.900. The van der Waals surface area contributed by atoms with Gasteiger partial charge in [0.15, 0.2) is 0 Å². The van der Waals surface area contributed by atoms with Crippen molar-refractivity contribution in [2.24, 2.45) is 5.92 Å². The van der Waals surface area contributed by atoms with Crippen LogP contribution in [-0.4, -0.2) is 59.5 Å². The molecule has 2 atom stereocenters. The maximum atomic E-state index is 13.6. The van der Waals surface area contributed by atoms with Gasteiger partial charge in [-0.1, -0.05) is 30.3 Å². The van der Waals surface area contributed by atoms with Gasteiger partial charge in [0.25, 0.3) is 5.92 Å². The molecule has 1 N–H and O–H groups in total. The summed E-state index contributed by atoms with van der Waals surface area (Å²) in [4.78, 5) is 15.9. The lowest BCUT2D eigenvalue weighted by molar-refractivity contribution is -0.153. The van der Waals surface area contributed by atoms with Crippen LogP contribution in [0.3, 0.4) is 0 Å². The molecule has 0 unspecified atom stereocenters. The van der Waals surface area contributed by atoms with E-state index in [0.29, 0.717) is 6.54 Å². The van der Waals surface area contributed by atoms with Gasteiger partial charge in [0.05, 0.1) is 18.6 Å². The third-order valence-electron chi connectivity index (χ3n) is 4.58. The molecule has 1 aromatic rings. The predicted molar refractivity (Wildman–Crippen MR) is 84.1 cm³/mol. The summed E-state index contributed by atoms with van der Waals surface area (Å²) in [6, 6.07) is 9.37. The van der Waals surface area contributed by atoms with Crippen molar-refractivity contribution in [3.8, 4) is 0 Å². The highest BCUT2D eigenvalue weighted by atomic mass is 19.3. The number of alkyl halides is 2. The third kappa shape index (κ3) is 4.26. The molecule has 1 aromatic carbocycles. The SMILES string of the molecule is C[C@H](C(=O)N1CCC(F)(F)[C@@H](CO)C1)N(C)Cc1ccccc1. The van der Waals surface area contributed by atoms with Crippen LogP contribution >= 0.6 is 0 Å². The van der Waals surface area contributed by atoms with Gasteiger partial charge >= 0.3 is 0 Å². The first-order chi connectivity index (χ1) is 10.8. The van der Waals surface area contributed by atoms with Gasteiger partial charge < -0.3 is 10.0 Å². The molecular weight excluding hydrogens is 302 g/mol. The minimum absolute atomic E-state index is 0.0336. The minimum atomic E-state index is -2.90. The van der Waals surface area contributed by atoms with Gasteiger partial charge in [0, 0.05) is 26.1 Å². The molecule has 1 amide bonds. The number of piperidine rings is 1. The van der Waals surface area contributed by atoms with Crippen molar-refractivity contribution in [3.63, 3.8) is 0 Å². The fourth-order valence-corrected chi connectivity index (χ4v) is 2.83. The van der Waals surface area contributed by atoms with Crippen molar-refractivity contribution in [3.05, 3.63) is 35.9 Å². The zero-order valence-electron chi connectivity index (χ0n) is 13.6. The average Bonchev–Trinajstić information content (AvgIpc) is 2.54. The Hall–Kier alpha value is -1.53. The van der Waals surface area contributed by atoms with Crippen LogP contribution in [0.15, 0.2) is 30.3 Å². The first kappa shape index (κ1) is 17.8. The second-order valence-corrected chi connectivity index (χ2v) is 6.25. The smallest absolute Gasteiger partial charge is 0.256 e. The van der Waals surface area contributed by atoms with E-state index in [9.17, 15) is 13.6 Å². The Morgan fingerprint density at radius 2 is 2.09 bits per heavy atom. The van der Waals surface area contributed by atoms with E-state index in [4.69, 9.17) is 5.11 Å². The van der Waals surface area contributed by atoms with Crippen molar-refractivity contribution in [1.82, 2.24) is 9.80 Å². The molecule has 1 aliphatic rings. The first-order valence-corrected chi connectivity index (χ1v) is 7.87. The summed E-state index contributed by atoms with van der Waals surface area (Å²) < 4.78 is 27.3. The molecule has 0 bridgehead atoms. The summed E-state index contributed by atoms with van der Waals surface area (Å²) in [5.41, 5.74) is 1.09. The number of aliphatic hydroxyl groups is 1. The van der Waals surface area contributed by atoms with E-state index in [0.717, 1.165) is 5.56 Å². The Kier molecular flexibility index (Phi) is 5.70. The molecule has 1 heterocycles. The summed E-state index contributed by atoms with van der Waals surface area (Å²) in [7, 11) is 1.84. The molecule has 0 aromatic heterocycles. The van der Waals surface area contributed by atoms with Crippen molar-refractivity contribution >= 4 is 5.91 Å². The first-order valence-electron chi connectivity index (χ1n) is 7.87. The number of hydrogen-bond donors (Lipinski definition) is 1. The molecule has 0 saturated carbocycles. The highest BCUT2D eigenvalue weighted by Gasteiger charge is 2.45. The van der Waals surface area contributed by atoms with Gasteiger partial charge in [0.2, 0.25) is 5.91 Å². The van der Waals surface area contributed by atoms with Crippen LogP contribution in [-0.2, 0) is 11.3 Å². The van der Waals surface area contributed by atoms with E-state index < -0.39 is 24.5 Å². The molecule has 0 radical (unpaired) electrons. The fraction of sp³-hybridized carbons (Fsp3) is 0.588. The number of amides is 1. The molecule has 128 valence electrons. The van der Waals surface area contributed by atoms with Gasteiger partial charge in [-0.25, -0.2) is 8.78 Å². The summed E-state index contributed by atoms with van der Waals surface area (Å²) in [6.07, 6.45) is -0.390. The molecule has 1 fully saturated rings. The molecule has 0 aliphatic carbocycles. The highest BCUT2D eigenvalue weighted by Crippen LogP contribution is 2.33. The Labute approximate surface area is 135 Å². The topological polar surface area (TPSA) is 43.8 Å². The number of rotatable bonds is 5. The van der Waals surface area contributed by atoms with Crippen LogP contribution in [0.4, 0.5) is 8.78 Å². The fourth-order valence-electron chi connectivity index (χ4n) is 2.83. The van der Waals surface area contributed by atoms with E-state index in [1.165, 1.54) is 4.90 Å². The number of carbonyl (C=O) groups is 1. The van der Waals surface area contributed by atoms with E-state index >= 15 is 0 Å². The number of benzene rings is 1. The van der Waals surface area contributed by atoms with Crippen molar-refractivity contribution in [1.29, 1.82) is 0 Å². The van der Waals surface area contributed by atoms with Crippen LogP contribution in [0.1, 0.15) is 18.9 Å². The highest BCUT2D eigenvalue weighted by molar-refractivity contribution is 5.81. The standard InChI is InChI=1S/C17H24F2N2O2/c1-13(20(2)10-14-6-4-3-5-7-14)16(23)21-9-8-17(18,19)15(11-21)12-22/h3-7,13,15,22H,8-12H2,1-2H3/t13-,15-/m1/s1. The Balaban J connectivity index is 1.96. The van der Waals surface area contributed by atoms with Crippen LogP contribution in [0.2, 0.25) is 0 Å². The largest absolute Gasteiger partial charge is 0.396 e. The summed E-state index contributed by atoms with van der Waals surface area (Å²) in [5, 5.41) is 9.14. The number of carbonyl (C=O) groups excluding carboxylic acids is 1. The summed E-state index contributed by atoms with van der Waals surface area (Å²) >= 11 is 0. The lowest BCUT2D eigenvalue weighted by Crippen LogP contribution is -2.54. The van der Waals surface area contributed by atoms with E-state index in [2.05, 4.69) is 0 Å². The lowest BCUT2D eigenvalue weighted by atomic mass is 9.94. The molecule has 0 spiro atoms. The van der Waals surface area contributed by atoms with Crippen LogP contribution < -0.4 is 0 Å². The van der Waals surface area contributed by atoms with E-state index in [1.54, 1.807) is 6.92 Å².